The van der Waals surface area contributed by atoms with Crippen LogP contribution in [0.1, 0.15) is 26.7 Å². The van der Waals surface area contributed by atoms with Crippen molar-refractivity contribution in [1.82, 2.24) is 5.32 Å². The number of hydrogen-bond acceptors (Lipinski definition) is 4. The van der Waals surface area contributed by atoms with Crippen LogP contribution >= 0.6 is 12.4 Å². The fraction of sp³-hybridized carbons (Fsp3) is 0.588. The number of nitrogens with zero attached hydrogens (tertiary/aromatic N) is 1. The van der Waals surface area contributed by atoms with Crippen molar-refractivity contribution in [2.75, 3.05) is 25.1 Å². The van der Waals surface area contributed by atoms with Gasteiger partial charge in [-0.2, -0.15) is 0 Å². The number of benzene rings is 1. The highest BCUT2D eigenvalue weighted by Gasteiger charge is 2.28. The summed E-state index contributed by atoms with van der Waals surface area (Å²) in [5, 5.41) is 3.08. The maximum atomic E-state index is 12.2. The molecule has 0 aromatic heterocycles. The fourth-order valence-corrected chi connectivity index (χ4v) is 2.80. The summed E-state index contributed by atoms with van der Waals surface area (Å²) in [6.07, 6.45) is 1.84. The summed E-state index contributed by atoms with van der Waals surface area (Å²) in [5.74, 6) is 1.03. The van der Waals surface area contributed by atoms with Crippen LogP contribution in [0.15, 0.2) is 24.3 Å². The minimum absolute atomic E-state index is 0. The molecule has 130 valence electrons. The molecule has 3 unspecified atom stereocenters. The number of nitrogens with two attached hydrogens (primary N) is 1. The highest BCUT2D eigenvalue weighted by Crippen LogP contribution is 2.30. The van der Waals surface area contributed by atoms with Gasteiger partial charge < -0.3 is 20.7 Å². The first-order chi connectivity index (χ1) is 10.6. The molecule has 1 aromatic carbocycles. The van der Waals surface area contributed by atoms with Gasteiger partial charge in [0.2, 0.25) is 5.91 Å². The molecule has 23 heavy (non-hydrogen) atoms. The number of halogens is 1. The predicted molar refractivity (Wildman–Crippen MR) is 96.4 cm³/mol. The molecule has 3 N–H and O–H groups in total. The molecule has 5 nitrogen and oxygen atoms in total. The summed E-state index contributed by atoms with van der Waals surface area (Å²) >= 11 is 0. The lowest BCUT2D eigenvalue weighted by atomic mass is 9.99. The molecular formula is C17H28ClN3O2. The highest BCUT2D eigenvalue weighted by molar-refractivity contribution is 5.85. The number of rotatable bonds is 6. The highest BCUT2D eigenvalue weighted by atomic mass is 35.5. The average molecular weight is 342 g/mol. The first-order valence-electron chi connectivity index (χ1n) is 8.00. The van der Waals surface area contributed by atoms with Crippen LogP contribution in [0.2, 0.25) is 0 Å². The van der Waals surface area contributed by atoms with Crippen LogP contribution in [0.25, 0.3) is 0 Å². The van der Waals surface area contributed by atoms with Gasteiger partial charge in [-0.25, -0.2) is 0 Å². The molecule has 1 aliphatic rings. The van der Waals surface area contributed by atoms with Crippen molar-refractivity contribution >= 4 is 24.0 Å². The number of nitrogens with one attached hydrogen (secondary N) is 1. The van der Waals surface area contributed by atoms with Crippen LogP contribution in [0.3, 0.4) is 0 Å². The van der Waals surface area contributed by atoms with Crippen molar-refractivity contribution in [3.8, 4) is 5.75 Å². The summed E-state index contributed by atoms with van der Waals surface area (Å²) in [7, 11) is 1.68. The second-order valence-electron chi connectivity index (χ2n) is 6.02. The number of para-hydroxylation sites is 2. The van der Waals surface area contributed by atoms with Crippen molar-refractivity contribution in [1.29, 1.82) is 0 Å². The van der Waals surface area contributed by atoms with E-state index in [1.165, 1.54) is 0 Å². The minimum Gasteiger partial charge on any atom is -0.495 e. The van der Waals surface area contributed by atoms with Gasteiger partial charge in [0.15, 0.2) is 0 Å². The molecule has 1 aromatic rings. The molecule has 3 atom stereocenters. The summed E-state index contributed by atoms with van der Waals surface area (Å²) in [4.78, 5) is 14.4. The molecule has 0 saturated carbocycles. The van der Waals surface area contributed by atoms with E-state index < -0.39 is 6.04 Å². The third-order valence-corrected chi connectivity index (χ3v) is 4.52. The van der Waals surface area contributed by atoms with Gasteiger partial charge in [-0.1, -0.05) is 32.4 Å². The quantitative estimate of drug-likeness (QED) is 0.832. The molecule has 1 amide bonds. The Hall–Kier alpha value is -1.46. The Labute approximate surface area is 145 Å². The Morgan fingerprint density at radius 2 is 2.17 bits per heavy atom. The van der Waals surface area contributed by atoms with Crippen LogP contribution in [-0.2, 0) is 4.79 Å². The van der Waals surface area contributed by atoms with Crippen molar-refractivity contribution in [3.63, 3.8) is 0 Å². The number of methoxy groups -OCH3 is 1. The van der Waals surface area contributed by atoms with Gasteiger partial charge in [0.25, 0.3) is 0 Å². The minimum atomic E-state index is -0.426. The summed E-state index contributed by atoms with van der Waals surface area (Å²) in [6.45, 7) is 5.76. The summed E-state index contributed by atoms with van der Waals surface area (Å²) < 4.78 is 5.41. The topological polar surface area (TPSA) is 67.6 Å². The van der Waals surface area contributed by atoms with Crippen molar-refractivity contribution in [2.24, 2.45) is 11.7 Å². The molecule has 2 rings (SSSR count). The van der Waals surface area contributed by atoms with Crippen molar-refractivity contribution in [3.05, 3.63) is 24.3 Å². The Bertz CT molecular complexity index is 512. The Morgan fingerprint density at radius 1 is 1.48 bits per heavy atom. The van der Waals surface area contributed by atoms with E-state index >= 15 is 0 Å². The molecule has 0 aliphatic carbocycles. The van der Waals surface area contributed by atoms with E-state index in [1.807, 2.05) is 31.2 Å². The lowest BCUT2D eigenvalue weighted by molar-refractivity contribution is -0.124. The Morgan fingerprint density at radius 3 is 2.83 bits per heavy atom. The van der Waals surface area contributed by atoms with E-state index in [0.717, 1.165) is 37.4 Å². The lowest BCUT2D eigenvalue weighted by Crippen LogP contribution is -2.49. The number of carbonyl (C=O) groups is 1. The van der Waals surface area contributed by atoms with E-state index in [4.69, 9.17) is 10.5 Å². The maximum absolute atomic E-state index is 12.2. The third-order valence-electron chi connectivity index (χ3n) is 4.52. The second-order valence-corrected chi connectivity index (χ2v) is 6.02. The van der Waals surface area contributed by atoms with E-state index in [9.17, 15) is 4.79 Å². The molecule has 0 spiro atoms. The Balaban J connectivity index is 0.00000264. The summed E-state index contributed by atoms with van der Waals surface area (Å²) in [6, 6.07) is 7.69. The van der Waals surface area contributed by atoms with Crippen LogP contribution in [0.4, 0.5) is 5.69 Å². The number of hydrogen-bond donors (Lipinski definition) is 2. The van der Waals surface area contributed by atoms with Crippen LogP contribution in [0, 0.1) is 5.92 Å². The normalized spacial score (nSPS) is 19.7. The zero-order valence-corrected chi connectivity index (χ0v) is 14.9. The van der Waals surface area contributed by atoms with Gasteiger partial charge in [-0.15, -0.1) is 12.4 Å². The molecule has 1 saturated heterocycles. The van der Waals surface area contributed by atoms with E-state index in [2.05, 4.69) is 17.1 Å². The molecule has 1 heterocycles. The van der Waals surface area contributed by atoms with Gasteiger partial charge >= 0.3 is 0 Å². The smallest absolute Gasteiger partial charge is 0.237 e. The fourth-order valence-electron chi connectivity index (χ4n) is 2.80. The first-order valence-corrected chi connectivity index (χ1v) is 8.00. The van der Waals surface area contributed by atoms with Crippen molar-refractivity contribution in [2.45, 2.75) is 38.8 Å². The largest absolute Gasteiger partial charge is 0.495 e. The molecule has 1 fully saturated rings. The van der Waals surface area contributed by atoms with Gasteiger partial charge in [-0.3, -0.25) is 4.79 Å². The number of amides is 1. The second kappa shape index (κ2) is 8.99. The van der Waals surface area contributed by atoms with Crippen LogP contribution in [0.5, 0.6) is 5.75 Å². The molecule has 0 bridgehead atoms. The number of carbonyl (C=O) groups excluding carboxylic acids is 1. The lowest BCUT2D eigenvalue weighted by Gasteiger charge is -2.23. The van der Waals surface area contributed by atoms with E-state index in [-0.39, 0.29) is 30.3 Å². The molecular weight excluding hydrogens is 314 g/mol. The standard InChI is InChI=1S/C17H27N3O2.ClH/c1-4-12(2)16(18)17(21)19-13-9-10-20(11-13)14-7-5-6-8-15(14)22-3;/h5-8,12-13,16H,4,9-11,18H2,1-3H3,(H,19,21);1H. The monoisotopic (exact) mass is 341 g/mol. The van der Waals surface area contributed by atoms with Crippen molar-refractivity contribution < 1.29 is 9.53 Å². The summed E-state index contributed by atoms with van der Waals surface area (Å²) in [5.41, 5.74) is 7.07. The number of ether oxygens (including phenoxy) is 1. The van der Waals surface area contributed by atoms with Gasteiger partial charge in [0.1, 0.15) is 5.75 Å². The molecule has 1 aliphatic heterocycles. The van der Waals surface area contributed by atoms with Gasteiger partial charge in [0, 0.05) is 19.1 Å². The van der Waals surface area contributed by atoms with E-state index in [0.29, 0.717) is 0 Å². The SMILES string of the molecule is CCC(C)C(N)C(=O)NC1CCN(c2ccccc2OC)C1.Cl. The van der Waals surface area contributed by atoms with Crippen LogP contribution in [-0.4, -0.2) is 38.2 Å². The zero-order chi connectivity index (χ0) is 16.1. The van der Waals surface area contributed by atoms with E-state index in [1.54, 1.807) is 7.11 Å². The van der Waals surface area contributed by atoms with Crippen LogP contribution < -0.4 is 20.7 Å². The third kappa shape index (κ3) is 4.75. The zero-order valence-electron chi connectivity index (χ0n) is 14.1. The predicted octanol–water partition coefficient (Wildman–Crippen LogP) is 2.19. The first kappa shape index (κ1) is 19.6. The maximum Gasteiger partial charge on any atom is 0.237 e. The molecule has 0 radical (unpaired) electrons. The van der Waals surface area contributed by atoms with Gasteiger partial charge in [0.05, 0.1) is 18.8 Å². The average Bonchev–Trinajstić information content (AvgIpc) is 3.01. The number of anilines is 1. The molecule has 6 heteroatoms. The Kier molecular flexibility index (Phi) is 7.65. The van der Waals surface area contributed by atoms with Gasteiger partial charge in [-0.05, 0) is 24.5 Å².